The minimum atomic E-state index is 0.534. The minimum Gasteiger partial charge on any atom is -0.309 e. The van der Waals surface area contributed by atoms with Crippen LogP contribution in [0.15, 0.2) is 12.7 Å². The Morgan fingerprint density at radius 3 is 3.00 bits per heavy atom. The van der Waals surface area contributed by atoms with E-state index in [0.717, 1.165) is 18.6 Å². The molecule has 0 heterocycles. The molecule has 0 spiro atoms. The molecule has 0 aromatic heterocycles. The van der Waals surface area contributed by atoms with Gasteiger partial charge in [-0.2, -0.15) is 0 Å². The maximum Gasteiger partial charge on any atom is 0.0123 e. The average molecular weight is 137 g/mol. The summed E-state index contributed by atoms with van der Waals surface area (Å²) in [6, 6.07) is 0. The lowest BCUT2D eigenvalue weighted by atomic mass is 9.85. The van der Waals surface area contributed by atoms with Crippen LogP contribution in [0, 0.1) is 11.3 Å². The first kappa shape index (κ1) is 7.52. The molecule has 0 amide bonds. The predicted molar refractivity (Wildman–Crippen MR) is 44.5 cm³/mol. The van der Waals surface area contributed by atoms with Crippen LogP contribution in [0.2, 0.25) is 0 Å². The van der Waals surface area contributed by atoms with Crippen molar-refractivity contribution < 1.29 is 0 Å². The molecule has 1 atom stereocenters. The molecule has 0 saturated heterocycles. The topological polar surface area (TPSA) is 23.9 Å². The first-order valence-electron chi connectivity index (χ1n) is 4.03. The summed E-state index contributed by atoms with van der Waals surface area (Å²) in [7, 11) is 0. The molecule has 1 aliphatic rings. The molecule has 10 heavy (non-hydrogen) atoms. The van der Waals surface area contributed by atoms with Crippen LogP contribution in [0.5, 0.6) is 0 Å². The Bertz CT molecular complexity index is 138. The van der Waals surface area contributed by atoms with E-state index in [1.807, 2.05) is 6.08 Å². The molecular formula is C9H15N. The standard InChI is InChI=1S/C9H15N/c1-2-5-8-6-3-4-7-9(8)10/h2,8,10H,1,3-7H2. The SMILES string of the molecule is C=CCC1CCCCC1=N. The fourth-order valence-electron chi connectivity index (χ4n) is 1.55. The van der Waals surface area contributed by atoms with Crippen LogP contribution in [0.3, 0.4) is 0 Å². The molecule has 1 saturated carbocycles. The molecule has 1 aliphatic carbocycles. The van der Waals surface area contributed by atoms with Gasteiger partial charge >= 0.3 is 0 Å². The van der Waals surface area contributed by atoms with E-state index in [4.69, 9.17) is 5.41 Å². The maximum absolute atomic E-state index is 7.60. The second-order valence-corrected chi connectivity index (χ2v) is 2.99. The zero-order valence-corrected chi connectivity index (χ0v) is 6.40. The molecule has 0 aromatic carbocycles. The molecule has 0 bridgehead atoms. The smallest absolute Gasteiger partial charge is 0.0123 e. The van der Waals surface area contributed by atoms with E-state index in [-0.39, 0.29) is 0 Å². The Kier molecular flexibility index (Phi) is 2.67. The summed E-state index contributed by atoms with van der Waals surface area (Å²) >= 11 is 0. The first-order valence-corrected chi connectivity index (χ1v) is 4.03. The molecular weight excluding hydrogens is 122 g/mol. The maximum atomic E-state index is 7.60. The molecule has 1 nitrogen and oxygen atoms in total. The van der Waals surface area contributed by atoms with Crippen molar-refractivity contribution in [3.8, 4) is 0 Å². The van der Waals surface area contributed by atoms with Crippen molar-refractivity contribution in [3.05, 3.63) is 12.7 Å². The lowest BCUT2D eigenvalue weighted by molar-refractivity contribution is 0.528. The van der Waals surface area contributed by atoms with Crippen LogP contribution in [0.25, 0.3) is 0 Å². The van der Waals surface area contributed by atoms with Crippen molar-refractivity contribution in [2.45, 2.75) is 32.1 Å². The van der Waals surface area contributed by atoms with Crippen LogP contribution in [0.1, 0.15) is 32.1 Å². The molecule has 56 valence electrons. The Balaban J connectivity index is 2.39. The van der Waals surface area contributed by atoms with E-state index in [0.29, 0.717) is 5.92 Å². The lowest BCUT2D eigenvalue weighted by Crippen LogP contribution is -2.17. The summed E-state index contributed by atoms with van der Waals surface area (Å²) in [5.41, 5.74) is 0.950. The number of hydrogen-bond donors (Lipinski definition) is 1. The number of rotatable bonds is 2. The third-order valence-electron chi connectivity index (χ3n) is 2.19. The summed E-state index contributed by atoms with van der Waals surface area (Å²) in [6.45, 7) is 3.69. The van der Waals surface area contributed by atoms with Gasteiger partial charge in [-0.15, -0.1) is 6.58 Å². The molecule has 0 radical (unpaired) electrons. The van der Waals surface area contributed by atoms with E-state index >= 15 is 0 Å². The Morgan fingerprint density at radius 1 is 1.60 bits per heavy atom. The van der Waals surface area contributed by atoms with Crippen LogP contribution in [0.4, 0.5) is 0 Å². The van der Waals surface area contributed by atoms with Gasteiger partial charge in [0.2, 0.25) is 0 Å². The Hall–Kier alpha value is -0.590. The predicted octanol–water partition coefficient (Wildman–Crippen LogP) is 2.77. The highest BCUT2D eigenvalue weighted by molar-refractivity contribution is 5.84. The number of nitrogens with one attached hydrogen (secondary N) is 1. The summed E-state index contributed by atoms with van der Waals surface area (Å²) in [6.07, 6.45) is 7.72. The van der Waals surface area contributed by atoms with Crippen LogP contribution in [-0.2, 0) is 0 Å². The molecule has 1 fully saturated rings. The van der Waals surface area contributed by atoms with Gasteiger partial charge in [-0.05, 0) is 31.6 Å². The van der Waals surface area contributed by atoms with Crippen molar-refractivity contribution >= 4 is 5.71 Å². The van der Waals surface area contributed by atoms with E-state index in [2.05, 4.69) is 6.58 Å². The molecule has 1 unspecified atom stereocenters. The monoisotopic (exact) mass is 137 g/mol. The van der Waals surface area contributed by atoms with Crippen LogP contribution < -0.4 is 0 Å². The van der Waals surface area contributed by atoms with E-state index in [1.165, 1.54) is 19.3 Å². The number of allylic oxidation sites excluding steroid dienone is 1. The summed E-state index contributed by atoms with van der Waals surface area (Å²) < 4.78 is 0. The highest BCUT2D eigenvalue weighted by Crippen LogP contribution is 2.23. The highest BCUT2D eigenvalue weighted by atomic mass is 14.5. The molecule has 0 aliphatic heterocycles. The van der Waals surface area contributed by atoms with Gasteiger partial charge in [0, 0.05) is 5.71 Å². The van der Waals surface area contributed by atoms with E-state index in [9.17, 15) is 0 Å². The van der Waals surface area contributed by atoms with Gasteiger partial charge in [0.05, 0.1) is 0 Å². The first-order chi connectivity index (χ1) is 4.84. The van der Waals surface area contributed by atoms with Gasteiger partial charge in [0.15, 0.2) is 0 Å². The third-order valence-corrected chi connectivity index (χ3v) is 2.19. The van der Waals surface area contributed by atoms with Gasteiger partial charge in [0.1, 0.15) is 0 Å². The molecule has 0 aromatic rings. The lowest BCUT2D eigenvalue weighted by Gasteiger charge is -2.21. The Labute approximate surface area is 62.6 Å². The molecule has 1 rings (SSSR count). The zero-order chi connectivity index (χ0) is 7.40. The van der Waals surface area contributed by atoms with Crippen molar-refractivity contribution in [2.75, 3.05) is 0 Å². The van der Waals surface area contributed by atoms with Gasteiger partial charge in [-0.25, -0.2) is 0 Å². The van der Waals surface area contributed by atoms with Gasteiger partial charge < -0.3 is 5.41 Å². The average Bonchev–Trinajstić information content (AvgIpc) is 1.94. The minimum absolute atomic E-state index is 0.534. The fraction of sp³-hybridized carbons (Fsp3) is 0.667. The summed E-state index contributed by atoms with van der Waals surface area (Å²) in [4.78, 5) is 0. The van der Waals surface area contributed by atoms with Crippen molar-refractivity contribution in [1.29, 1.82) is 5.41 Å². The van der Waals surface area contributed by atoms with Crippen molar-refractivity contribution in [3.63, 3.8) is 0 Å². The summed E-state index contributed by atoms with van der Waals surface area (Å²) in [5.74, 6) is 0.534. The van der Waals surface area contributed by atoms with Gasteiger partial charge in [-0.3, -0.25) is 0 Å². The summed E-state index contributed by atoms with van der Waals surface area (Å²) in [5, 5.41) is 7.60. The Morgan fingerprint density at radius 2 is 2.40 bits per heavy atom. The molecule has 1 N–H and O–H groups in total. The van der Waals surface area contributed by atoms with Crippen LogP contribution in [-0.4, -0.2) is 5.71 Å². The van der Waals surface area contributed by atoms with Gasteiger partial charge in [0.25, 0.3) is 0 Å². The largest absolute Gasteiger partial charge is 0.309 e. The number of hydrogen-bond acceptors (Lipinski definition) is 1. The van der Waals surface area contributed by atoms with E-state index < -0.39 is 0 Å². The highest BCUT2D eigenvalue weighted by Gasteiger charge is 2.16. The second kappa shape index (κ2) is 3.55. The molecule has 1 heteroatoms. The quantitative estimate of drug-likeness (QED) is 0.566. The van der Waals surface area contributed by atoms with Crippen molar-refractivity contribution in [2.24, 2.45) is 5.92 Å². The zero-order valence-electron chi connectivity index (χ0n) is 6.40. The second-order valence-electron chi connectivity index (χ2n) is 2.99. The normalized spacial score (nSPS) is 26.4. The van der Waals surface area contributed by atoms with Crippen LogP contribution >= 0.6 is 0 Å². The van der Waals surface area contributed by atoms with Gasteiger partial charge in [-0.1, -0.05) is 12.5 Å². The third kappa shape index (κ3) is 1.69. The fourth-order valence-corrected chi connectivity index (χ4v) is 1.55. The van der Waals surface area contributed by atoms with Crippen molar-refractivity contribution in [1.82, 2.24) is 0 Å². The van der Waals surface area contributed by atoms with E-state index in [1.54, 1.807) is 0 Å².